The molecular weight excluding hydrogens is 297 g/mol. The molecule has 0 amide bonds. The fourth-order valence-electron chi connectivity index (χ4n) is 1.78. The molecule has 2 aromatic heterocycles. The van der Waals surface area contributed by atoms with Crippen LogP contribution in [0.2, 0.25) is 5.02 Å². The lowest BCUT2D eigenvalue weighted by molar-refractivity contribution is 0.565. The summed E-state index contributed by atoms with van der Waals surface area (Å²) in [5.41, 5.74) is 1.29. The standard InChI is InChI=1S/C13H7ClFN5O/c14-9-5-8(1-2-10(9)15)18-12-3-4-20-13(19-12)11(6-17-20)16-7-21/h1-6H,(H,18,19). The minimum atomic E-state index is -0.496. The van der Waals surface area contributed by atoms with Crippen LogP contribution < -0.4 is 5.32 Å². The van der Waals surface area contributed by atoms with E-state index in [1.54, 1.807) is 12.3 Å². The van der Waals surface area contributed by atoms with E-state index in [0.717, 1.165) is 0 Å². The first kappa shape index (κ1) is 13.2. The Balaban J connectivity index is 1.98. The summed E-state index contributed by atoms with van der Waals surface area (Å²) in [5, 5.41) is 6.98. The quantitative estimate of drug-likeness (QED) is 0.595. The lowest BCUT2D eigenvalue weighted by Gasteiger charge is -2.06. The Morgan fingerprint density at radius 3 is 3.00 bits per heavy atom. The second-order valence-corrected chi connectivity index (χ2v) is 4.47. The van der Waals surface area contributed by atoms with Crippen LogP contribution in [0.25, 0.3) is 5.65 Å². The molecule has 0 unspecified atom stereocenters. The molecule has 3 rings (SSSR count). The molecular formula is C13H7ClFN5O. The van der Waals surface area contributed by atoms with Crippen molar-refractivity contribution in [3.05, 3.63) is 47.5 Å². The zero-order valence-electron chi connectivity index (χ0n) is 10.4. The van der Waals surface area contributed by atoms with Crippen molar-refractivity contribution < 1.29 is 9.18 Å². The molecule has 0 atom stereocenters. The molecule has 0 aliphatic rings. The third-order valence-electron chi connectivity index (χ3n) is 2.71. The third kappa shape index (κ3) is 2.60. The van der Waals surface area contributed by atoms with Crippen molar-refractivity contribution in [1.29, 1.82) is 0 Å². The number of aliphatic imine (C=N–C) groups is 1. The maximum absolute atomic E-state index is 13.1. The van der Waals surface area contributed by atoms with Gasteiger partial charge in [-0.15, -0.1) is 0 Å². The highest BCUT2D eigenvalue weighted by Gasteiger charge is 2.07. The minimum absolute atomic E-state index is 0.0108. The van der Waals surface area contributed by atoms with Gasteiger partial charge in [0.2, 0.25) is 6.08 Å². The average Bonchev–Trinajstić information content (AvgIpc) is 2.86. The number of benzene rings is 1. The zero-order valence-corrected chi connectivity index (χ0v) is 11.2. The van der Waals surface area contributed by atoms with Crippen molar-refractivity contribution in [2.24, 2.45) is 4.99 Å². The molecule has 0 bridgehead atoms. The molecule has 2 heterocycles. The van der Waals surface area contributed by atoms with Gasteiger partial charge in [0.25, 0.3) is 0 Å². The summed E-state index contributed by atoms with van der Waals surface area (Å²) in [4.78, 5) is 18.1. The van der Waals surface area contributed by atoms with Gasteiger partial charge in [-0.05, 0) is 24.3 Å². The molecule has 0 spiro atoms. The summed E-state index contributed by atoms with van der Waals surface area (Å²) in [6.45, 7) is 0. The fourth-order valence-corrected chi connectivity index (χ4v) is 1.96. The summed E-state index contributed by atoms with van der Waals surface area (Å²) in [5.74, 6) is -0.0166. The molecule has 1 N–H and O–H groups in total. The van der Waals surface area contributed by atoms with Crippen LogP contribution in [0.1, 0.15) is 0 Å². The lowest BCUT2D eigenvalue weighted by Crippen LogP contribution is -1.97. The average molecular weight is 304 g/mol. The van der Waals surface area contributed by atoms with Crippen LogP contribution in [-0.2, 0) is 4.79 Å². The Hall–Kier alpha value is -2.76. The number of fused-ring (bicyclic) bond motifs is 1. The first-order valence-corrected chi connectivity index (χ1v) is 6.19. The van der Waals surface area contributed by atoms with Gasteiger partial charge in [-0.2, -0.15) is 10.1 Å². The normalized spacial score (nSPS) is 10.4. The van der Waals surface area contributed by atoms with Gasteiger partial charge >= 0.3 is 0 Å². The van der Waals surface area contributed by atoms with Crippen LogP contribution in [0, 0.1) is 5.82 Å². The van der Waals surface area contributed by atoms with Gasteiger partial charge in [-0.3, -0.25) is 0 Å². The molecule has 8 heteroatoms. The van der Waals surface area contributed by atoms with Crippen LogP contribution in [0.15, 0.2) is 41.7 Å². The molecule has 0 saturated carbocycles. The van der Waals surface area contributed by atoms with Gasteiger partial charge in [0, 0.05) is 11.9 Å². The Kier molecular flexibility index (Phi) is 3.35. The summed E-state index contributed by atoms with van der Waals surface area (Å²) in [6.07, 6.45) is 4.51. The van der Waals surface area contributed by atoms with Gasteiger partial charge < -0.3 is 5.32 Å². The van der Waals surface area contributed by atoms with Crippen LogP contribution in [0.5, 0.6) is 0 Å². The number of isocyanates is 1. The molecule has 1 aromatic carbocycles. The fraction of sp³-hybridized carbons (Fsp3) is 0. The Morgan fingerprint density at radius 1 is 1.38 bits per heavy atom. The van der Waals surface area contributed by atoms with E-state index in [4.69, 9.17) is 11.6 Å². The van der Waals surface area contributed by atoms with Crippen LogP contribution in [-0.4, -0.2) is 20.7 Å². The molecule has 0 saturated heterocycles. The van der Waals surface area contributed by atoms with Crippen LogP contribution >= 0.6 is 11.6 Å². The molecule has 0 aliphatic carbocycles. The maximum Gasteiger partial charge on any atom is 0.240 e. The molecule has 0 fully saturated rings. The number of carbonyl (C=O) groups excluding carboxylic acids is 1. The van der Waals surface area contributed by atoms with E-state index in [1.165, 1.54) is 35.0 Å². The highest BCUT2D eigenvalue weighted by Crippen LogP contribution is 2.23. The van der Waals surface area contributed by atoms with E-state index in [-0.39, 0.29) is 5.02 Å². The smallest absolute Gasteiger partial charge is 0.240 e. The van der Waals surface area contributed by atoms with Gasteiger partial charge in [0.15, 0.2) is 5.65 Å². The monoisotopic (exact) mass is 303 g/mol. The van der Waals surface area contributed by atoms with E-state index in [2.05, 4.69) is 20.4 Å². The van der Waals surface area contributed by atoms with Crippen LogP contribution in [0.4, 0.5) is 21.6 Å². The Morgan fingerprint density at radius 2 is 2.24 bits per heavy atom. The zero-order chi connectivity index (χ0) is 14.8. The number of hydrogen-bond acceptors (Lipinski definition) is 5. The highest BCUT2D eigenvalue weighted by atomic mass is 35.5. The second-order valence-electron chi connectivity index (χ2n) is 4.07. The van der Waals surface area contributed by atoms with Gasteiger partial charge in [-0.25, -0.2) is 18.7 Å². The Labute approximate surface area is 122 Å². The predicted molar refractivity (Wildman–Crippen MR) is 75.5 cm³/mol. The summed E-state index contributed by atoms with van der Waals surface area (Å²) in [6, 6.07) is 5.91. The van der Waals surface area contributed by atoms with Gasteiger partial charge in [0.05, 0.1) is 11.2 Å². The first-order valence-electron chi connectivity index (χ1n) is 5.82. The van der Waals surface area contributed by atoms with Crippen LogP contribution in [0.3, 0.4) is 0 Å². The predicted octanol–water partition coefficient (Wildman–Crippen LogP) is 3.23. The largest absolute Gasteiger partial charge is 0.340 e. The molecule has 6 nitrogen and oxygen atoms in total. The number of rotatable bonds is 3. The Bertz CT molecular complexity index is 872. The van der Waals surface area contributed by atoms with Crippen molar-refractivity contribution in [1.82, 2.24) is 14.6 Å². The van der Waals surface area contributed by atoms with Crippen molar-refractivity contribution in [2.75, 3.05) is 5.32 Å². The van der Waals surface area contributed by atoms with Gasteiger partial charge in [0.1, 0.15) is 17.3 Å². The summed E-state index contributed by atoms with van der Waals surface area (Å²) >= 11 is 5.72. The maximum atomic E-state index is 13.1. The molecule has 0 aliphatic heterocycles. The third-order valence-corrected chi connectivity index (χ3v) is 3.00. The van der Waals surface area contributed by atoms with E-state index in [0.29, 0.717) is 22.8 Å². The van der Waals surface area contributed by atoms with E-state index in [1.807, 2.05) is 0 Å². The van der Waals surface area contributed by atoms with Crippen molar-refractivity contribution in [2.45, 2.75) is 0 Å². The van der Waals surface area contributed by atoms with Crippen molar-refractivity contribution in [3.8, 4) is 0 Å². The number of hydrogen-bond donors (Lipinski definition) is 1. The second kappa shape index (κ2) is 5.32. The first-order chi connectivity index (χ1) is 10.2. The molecule has 0 radical (unpaired) electrons. The number of aromatic nitrogens is 3. The van der Waals surface area contributed by atoms with Crippen molar-refractivity contribution in [3.63, 3.8) is 0 Å². The minimum Gasteiger partial charge on any atom is -0.340 e. The molecule has 3 aromatic rings. The number of halogens is 2. The lowest BCUT2D eigenvalue weighted by atomic mass is 10.3. The van der Waals surface area contributed by atoms with Crippen molar-refractivity contribution >= 4 is 40.5 Å². The number of nitrogens with zero attached hydrogens (tertiary/aromatic N) is 4. The summed E-state index contributed by atoms with van der Waals surface area (Å²) in [7, 11) is 0. The SMILES string of the molecule is O=C=Nc1cnn2ccc(Nc3ccc(F)c(Cl)c3)nc12. The molecule has 21 heavy (non-hydrogen) atoms. The van der Waals surface area contributed by atoms with Gasteiger partial charge in [-0.1, -0.05) is 11.6 Å². The molecule has 104 valence electrons. The highest BCUT2D eigenvalue weighted by molar-refractivity contribution is 6.31. The topological polar surface area (TPSA) is 71.7 Å². The number of nitrogens with one attached hydrogen (secondary N) is 1. The van der Waals surface area contributed by atoms with E-state index < -0.39 is 5.82 Å². The summed E-state index contributed by atoms with van der Waals surface area (Å²) < 4.78 is 14.6. The van der Waals surface area contributed by atoms with E-state index in [9.17, 15) is 9.18 Å². The van der Waals surface area contributed by atoms with E-state index >= 15 is 0 Å². The number of anilines is 2.